The van der Waals surface area contributed by atoms with Crippen LogP contribution in [-0.2, 0) is 19.5 Å². The monoisotopic (exact) mass is 322 g/mol. The maximum atomic E-state index is 13.3. The highest BCUT2D eigenvalue weighted by molar-refractivity contribution is 7.11. The van der Waals surface area contributed by atoms with E-state index in [9.17, 15) is 4.39 Å². The zero-order valence-electron chi connectivity index (χ0n) is 12.6. The summed E-state index contributed by atoms with van der Waals surface area (Å²) in [5, 5.41) is 16.4. The summed E-state index contributed by atoms with van der Waals surface area (Å²) >= 11 is 1.67. The Balaban J connectivity index is 1.85. The number of aromatic hydroxyl groups is 1. The van der Waals surface area contributed by atoms with E-state index in [2.05, 4.69) is 27.5 Å². The molecule has 2 rings (SSSR count). The van der Waals surface area contributed by atoms with Gasteiger partial charge in [0.1, 0.15) is 5.01 Å². The first-order valence-corrected chi connectivity index (χ1v) is 7.79. The van der Waals surface area contributed by atoms with Gasteiger partial charge in [0.15, 0.2) is 17.5 Å². The zero-order valence-corrected chi connectivity index (χ0v) is 13.4. The Kier molecular flexibility index (Phi) is 5.71. The number of nitrogens with one attached hydrogen (secondary N) is 2. The first-order valence-electron chi connectivity index (χ1n) is 6.98. The molecule has 0 saturated heterocycles. The average Bonchev–Trinajstić information content (AvgIpc) is 2.99. The van der Waals surface area contributed by atoms with Crippen molar-refractivity contribution in [3.05, 3.63) is 45.7 Å². The van der Waals surface area contributed by atoms with Crippen molar-refractivity contribution in [1.29, 1.82) is 0 Å². The molecule has 0 aliphatic rings. The van der Waals surface area contributed by atoms with Crippen LogP contribution in [0.4, 0.5) is 4.39 Å². The fourth-order valence-electron chi connectivity index (χ4n) is 1.82. The Morgan fingerprint density at radius 3 is 2.77 bits per heavy atom. The van der Waals surface area contributed by atoms with Gasteiger partial charge < -0.3 is 15.7 Å². The maximum Gasteiger partial charge on any atom is 0.191 e. The van der Waals surface area contributed by atoms with Crippen LogP contribution in [0.15, 0.2) is 29.4 Å². The Morgan fingerprint density at radius 1 is 1.36 bits per heavy atom. The number of hydrogen-bond donors (Lipinski definition) is 3. The zero-order chi connectivity index (χ0) is 15.9. The summed E-state index contributed by atoms with van der Waals surface area (Å²) in [6.07, 6.45) is 2.87. The SMILES string of the molecule is CCc1cnc(CNC(=NC)NCc2ccc(O)c(F)c2)s1. The largest absolute Gasteiger partial charge is 0.505 e. The fraction of sp³-hybridized carbons (Fsp3) is 0.333. The Labute approximate surface area is 132 Å². The van der Waals surface area contributed by atoms with E-state index >= 15 is 0 Å². The van der Waals surface area contributed by atoms with Crippen molar-refractivity contribution < 1.29 is 9.50 Å². The van der Waals surface area contributed by atoms with Gasteiger partial charge in [-0.1, -0.05) is 13.0 Å². The molecule has 0 aliphatic carbocycles. The van der Waals surface area contributed by atoms with E-state index in [1.807, 2.05) is 6.20 Å². The van der Waals surface area contributed by atoms with Crippen LogP contribution >= 0.6 is 11.3 Å². The lowest BCUT2D eigenvalue weighted by molar-refractivity contribution is 0.431. The molecule has 0 atom stereocenters. The second-order valence-corrected chi connectivity index (χ2v) is 5.84. The molecule has 0 spiro atoms. The molecule has 0 saturated carbocycles. The number of rotatable bonds is 5. The second kappa shape index (κ2) is 7.74. The molecule has 1 heterocycles. The van der Waals surface area contributed by atoms with Gasteiger partial charge in [-0.15, -0.1) is 11.3 Å². The molecule has 0 amide bonds. The summed E-state index contributed by atoms with van der Waals surface area (Å²) < 4.78 is 13.3. The predicted molar refractivity (Wildman–Crippen MR) is 86.6 cm³/mol. The minimum Gasteiger partial charge on any atom is -0.505 e. The maximum absolute atomic E-state index is 13.3. The number of aryl methyl sites for hydroxylation is 1. The topological polar surface area (TPSA) is 69.5 Å². The minimum atomic E-state index is -0.628. The Bertz CT molecular complexity index is 657. The third-order valence-electron chi connectivity index (χ3n) is 3.05. The summed E-state index contributed by atoms with van der Waals surface area (Å²) in [5.74, 6) is -0.361. The summed E-state index contributed by atoms with van der Waals surface area (Å²) in [5.41, 5.74) is 0.723. The second-order valence-electron chi connectivity index (χ2n) is 4.64. The highest BCUT2D eigenvalue weighted by Crippen LogP contribution is 2.16. The van der Waals surface area contributed by atoms with E-state index in [1.54, 1.807) is 24.5 Å². The molecular formula is C15H19FN4OS. The van der Waals surface area contributed by atoms with E-state index in [1.165, 1.54) is 17.0 Å². The number of nitrogens with zero attached hydrogens (tertiary/aromatic N) is 2. The summed E-state index contributed by atoms with van der Waals surface area (Å²) in [4.78, 5) is 9.69. The van der Waals surface area contributed by atoms with E-state index in [4.69, 9.17) is 5.11 Å². The van der Waals surface area contributed by atoms with Crippen molar-refractivity contribution in [2.24, 2.45) is 4.99 Å². The van der Waals surface area contributed by atoms with Crippen LogP contribution in [0.3, 0.4) is 0 Å². The lowest BCUT2D eigenvalue weighted by Crippen LogP contribution is -2.36. The van der Waals surface area contributed by atoms with Gasteiger partial charge in [-0.3, -0.25) is 4.99 Å². The van der Waals surface area contributed by atoms with Crippen molar-refractivity contribution in [2.75, 3.05) is 7.05 Å². The molecule has 1 aromatic heterocycles. The van der Waals surface area contributed by atoms with Gasteiger partial charge in [0.25, 0.3) is 0 Å². The number of halogens is 1. The molecular weight excluding hydrogens is 303 g/mol. The van der Waals surface area contributed by atoms with E-state index in [0.29, 0.717) is 19.0 Å². The third kappa shape index (κ3) is 4.42. The number of phenols is 1. The number of hydrogen-bond acceptors (Lipinski definition) is 4. The molecule has 0 bridgehead atoms. The van der Waals surface area contributed by atoms with Gasteiger partial charge in [-0.2, -0.15) is 0 Å². The molecule has 2 aromatic rings. The van der Waals surface area contributed by atoms with Crippen LogP contribution in [-0.4, -0.2) is 23.1 Å². The average molecular weight is 322 g/mol. The number of aliphatic imine (C=N–C) groups is 1. The van der Waals surface area contributed by atoms with Crippen LogP contribution in [0.2, 0.25) is 0 Å². The normalized spacial score (nSPS) is 11.5. The molecule has 118 valence electrons. The molecule has 0 fully saturated rings. The lowest BCUT2D eigenvalue weighted by atomic mass is 10.2. The van der Waals surface area contributed by atoms with Gasteiger partial charge >= 0.3 is 0 Å². The van der Waals surface area contributed by atoms with Gasteiger partial charge in [0.2, 0.25) is 0 Å². The number of benzene rings is 1. The Hall–Kier alpha value is -2.15. The highest BCUT2D eigenvalue weighted by atomic mass is 32.1. The molecule has 0 aliphatic heterocycles. The summed E-state index contributed by atoms with van der Waals surface area (Å²) in [6.45, 7) is 3.10. The molecule has 1 aromatic carbocycles. The molecule has 7 heteroatoms. The highest BCUT2D eigenvalue weighted by Gasteiger charge is 2.04. The van der Waals surface area contributed by atoms with Crippen molar-refractivity contribution in [2.45, 2.75) is 26.4 Å². The molecule has 3 N–H and O–H groups in total. The van der Waals surface area contributed by atoms with Gasteiger partial charge in [0, 0.05) is 24.7 Å². The summed E-state index contributed by atoms with van der Waals surface area (Å²) in [7, 11) is 1.67. The number of aromatic nitrogens is 1. The molecule has 0 unspecified atom stereocenters. The van der Waals surface area contributed by atoms with E-state index < -0.39 is 5.82 Å². The quantitative estimate of drug-likeness (QED) is 0.584. The van der Waals surface area contributed by atoms with Crippen LogP contribution in [0, 0.1) is 5.82 Å². The Morgan fingerprint density at radius 2 is 2.14 bits per heavy atom. The van der Waals surface area contributed by atoms with Crippen molar-refractivity contribution >= 4 is 17.3 Å². The first-order chi connectivity index (χ1) is 10.6. The van der Waals surface area contributed by atoms with Crippen LogP contribution in [0.1, 0.15) is 22.4 Å². The predicted octanol–water partition coefficient (Wildman–Crippen LogP) is 2.42. The van der Waals surface area contributed by atoms with Crippen molar-refractivity contribution in [1.82, 2.24) is 15.6 Å². The van der Waals surface area contributed by atoms with Crippen LogP contribution in [0.5, 0.6) is 5.75 Å². The number of thiazole rings is 1. The molecule has 5 nitrogen and oxygen atoms in total. The number of guanidine groups is 1. The van der Waals surface area contributed by atoms with Crippen molar-refractivity contribution in [3.8, 4) is 5.75 Å². The standard InChI is InChI=1S/C15H19FN4OS/c1-3-11-8-18-14(22-11)9-20-15(17-2)19-7-10-4-5-13(21)12(16)6-10/h4-6,8,21H,3,7,9H2,1-2H3,(H2,17,19,20). The minimum absolute atomic E-state index is 0.346. The van der Waals surface area contributed by atoms with E-state index in [-0.39, 0.29) is 5.75 Å². The van der Waals surface area contributed by atoms with Crippen LogP contribution < -0.4 is 10.6 Å². The van der Waals surface area contributed by atoms with E-state index in [0.717, 1.165) is 17.0 Å². The number of phenolic OH excluding ortho intramolecular Hbond substituents is 1. The lowest BCUT2D eigenvalue weighted by Gasteiger charge is -2.11. The third-order valence-corrected chi connectivity index (χ3v) is 4.19. The first kappa shape index (κ1) is 16.2. The molecule has 0 radical (unpaired) electrons. The van der Waals surface area contributed by atoms with Gasteiger partial charge in [-0.25, -0.2) is 9.37 Å². The fourth-order valence-corrected chi connectivity index (χ4v) is 2.62. The summed E-state index contributed by atoms with van der Waals surface area (Å²) in [6, 6.07) is 4.29. The van der Waals surface area contributed by atoms with Gasteiger partial charge in [0.05, 0.1) is 6.54 Å². The van der Waals surface area contributed by atoms with Crippen molar-refractivity contribution in [3.63, 3.8) is 0 Å². The van der Waals surface area contributed by atoms with Gasteiger partial charge in [-0.05, 0) is 24.1 Å². The van der Waals surface area contributed by atoms with Crippen LogP contribution in [0.25, 0.3) is 0 Å². The smallest absolute Gasteiger partial charge is 0.191 e. The molecule has 22 heavy (non-hydrogen) atoms.